The second kappa shape index (κ2) is 11.8. The van der Waals surface area contributed by atoms with Crippen LogP contribution in [-0.2, 0) is 20.7 Å². The summed E-state index contributed by atoms with van der Waals surface area (Å²) in [7, 11) is 2.12. The van der Waals surface area contributed by atoms with E-state index in [2.05, 4.69) is 0 Å². The fraction of sp³-hybridized carbons (Fsp3) is 0.714. The predicted octanol–water partition coefficient (Wildman–Crippen LogP) is -2.43. The third-order valence-electron chi connectivity index (χ3n) is 1.36. The van der Waals surface area contributed by atoms with Crippen molar-refractivity contribution in [3.05, 3.63) is 0 Å². The van der Waals surface area contributed by atoms with Crippen LogP contribution in [0.15, 0.2) is 0 Å². The molecule has 94 valence electrons. The van der Waals surface area contributed by atoms with E-state index in [-0.39, 0.29) is 35.3 Å². The van der Waals surface area contributed by atoms with Gasteiger partial charge in [-0.05, 0) is 6.42 Å². The van der Waals surface area contributed by atoms with Gasteiger partial charge in [0.2, 0.25) is 0 Å². The predicted molar refractivity (Wildman–Crippen MR) is 62.1 cm³/mol. The maximum atomic E-state index is 10.6. The molecule has 0 aliphatic carbocycles. The number of hydrogen-bond acceptors (Lipinski definition) is 6. The summed E-state index contributed by atoms with van der Waals surface area (Å²) in [6, 6.07) is 0. The van der Waals surface area contributed by atoms with Gasteiger partial charge >= 0.3 is 41.5 Å². The molecule has 0 saturated carbocycles. The zero-order valence-corrected chi connectivity index (χ0v) is 13.6. The van der Waals surface area contributed by atoms with Crippen molar-refractivity contribution < 1.29 is 58.1 Å². The summed E-state index contributed by atoms with van der Waals surface area (Å²) in [6.07, 6.45) is -0.0202. The number of hydrogen-bond donors (Lipinski definition) is 2. The van der Waals surface area contributed by atoms with Gasteiger partial charge in [-0.15, -0.1) is 0 Å². The topological polar surface area (TPSA) is 115 Å². The molecule has 0 aliphatic heterocycles. The molecule has 2 N–H and O–H groups in total. The molecule has 0 aromatic heterocycles. The van der Waals surface area contributed by atoms with Crippen LogP contribution in [0.1, 0.15) is 12.8 Å². The van der Waals surface area contributed by atoms with Gasteiger partial charge in [0.15, 0.2) is 0 Å². The van der Waals surface area contributed by atoms with Gasteiger partial charge in [-0.2, -0.15) is 0 Å². The van der Waals surface area contributed by atoms with Gasteiger partial charge in [0, 0.05) is 11.5 Å². The van der Waals surface area contributed by atoms with E-state index >= 15 is 0 Å². The number of rotatable bonds is 9. The third kappa shape index (κ3) is 13.0. The summed E-state index contributed by atoms with van der Waals surface area (Å²) in [5.41, 5.74) is 0. The van der Waals surface area contributed by atoms with Crippen molar-refractivity contribution in [2.75, 3.05) is 11.5 Å². The molecule has 0 amide bonds. The summed E-state index contributed by atoms with van der Waals surface area (Å²) in [6.45, 7) is 0. The van der Waals surface area contributed by atoms with E-state index in [0.29, 0.717) is 12.2 Å². The summed E-state index contributed by atoms with van der Waals surface area (Å²) < 4.78 is 20.3. The van der Waals surface area contributed by atoms with Crippen LogP contribution in [0, 0.1) is 0 Å². The molecule has 0 heterocycles. The summed E-state index contributed by atoms with van der Waals surface area (Å²) in [4.78, 5) is 20.9. The quantitative estimate of drug-likeness (QED) is 0.209. The molecule has 6 nitrogen and oxygen atoms in total. The monoisotopic (exact) mass is 310 g/mol. The second-order valence-corrected chi connectivity index (χ2v) is 6.41. The first kappa shape index (κ1) is 20.1. The zero-order valence-electron chi connectivity index (χ0n) is 9.16. The molecule has 10 heteroatoms. The largest absolute Gasteiger partial charge is 1.00 e. The molecular formula is C7H11NaO6S3. The molecule has 2 atom stereocenters. The van der Waals surface area contributed by atoms with Crippen LogP contribution in [0.5, 0.6) is 0 Å². The maximum absolute atomic E-state index is 10.6. The van der Waals surface area contributed by atoms with Gasteiger partial charge in [0.1, 0.15) is 5.25 Å². The smallest absolute Gasteiger partial charge is 0.772 e. The normalized spacial score (nSPS) is 13.5. The maximum Gasteiger partial charge on any atom is 1.00 e. The van der Waals surface area contributed by atoms with Crippen LogP contribution in [0.2, 0.25) is 0 Å². The van der Waals surface area contributed by atoms with Gasteiger partial charge < -0.3 is 14.8 Å². The Balaban J connectivity index is 0. The molecule has 0 rings (SSSR count). The van der Waals surface area contributed by atoms with Gasteiger partial charge in [-0.25, -0.2) is 0 Å². The minimum absolute atomic E-state index is 0. The molecule has 0 fully saturated rings. The van der Waals surface area contributed by atoms with Crippen molar-refractivity contribution in [2.45, 2.75) is 18.1 Å². The van der Waals surface area contributed by atoms with E-state index in [1.165, 1.54) is 10.8 Å². The Morgan fingerprint density at radius 2 is 1.94 bits per heavy atom. The van der Waals surface area contributed by atoms with Gasteiger partial charge in [0.25, 0.3) is 0 Å². The first-order valence-corrected chi connectivity index (χ1v) is 7.85. The van der Waals surface area contributed by atoms with E-state index in [9.17, 15) is 18.4 Å². The van der Waals surface area contributed by atoms with Crippen LogP contribution < -0.4 is 29.6 Å². The first-order valence-electron chi connectivity index (χ1n) is 4.22. The van der Waals surface area contributed by atoms with E-state index in [4.69, 9.17) is 10.2 Å². The Morgan fingerprint density at radius 3 is 2.35 bits per heavy atom. The Hall–Kier alpha value is 0.750. The molecule has 0 radical (unpaired) electrons. The average molecular weight is 310 g/mol. The minimum Gasteiger partial charge on any atom is -0.772 e. The van der Waals surface area contributed by atoms with Gasteiger partial charge in [0.05, 0.1) is 6.42 Å². The van der Waals surface area contributed by atoms with E-state index in [1.807, 2.05) is 0 Å². The molecule has 0 spiro atoms. The Kier molecular flexibility index (Phi) is 14.0. The third-order valence-corrected chi connectivity index (χ3v) is 4.78. The van der Waals surface area contributed by atoms with Crippen molar-refractivity contribution in [3.8, 4) is 0 Å². The standard InChI is InChI=1S/C7H12O6S3.Na/c8-6(9)4-5(7(10)11)15-14-2-1-3-16(12)13;/h5H,1-4H2,(H,8,9)(H,10,11)(H,12,13);/q;+1/p-1. The van der Waals surface area contributed by atoms with Crippen LogP contribution in [0.3, 0.4) is 0 Å². The fourth-order valence-electron chi connectivity index (χ4n) is 0.687. The van der Waals surface area contributed by atoms with Gasteiger partial charge in [-0.3, -0.25) is 13.8 Å². The van der Waals surface area contributed by atoms with Crippen molar-refractivity contribution >= 4 is 44.6 Å². The number of aliphatic carboxylic acids is 2. The van der Waals surface area contributed by atoms with E-state index in [0.717, 1.165) is 10.8 Å². The Labute approximate surface area is 131 Å². The molecule has 0 aliphatic rings. The SMILES string of the molecule is O=C(O)CC(SSCCCS(=O)[O-])C(=O)O.[Na+]. The molecule has 17 heavy (non-hydrogen) atoms. The average Bonchev–Trinajstić information content (AvgIpc) is 2.14. The van der Waals surface area contributed by atoms with E-state index in [1.54, 1.807) is 0 Å². The minimum atomic E-state index is -2.08. The number of carboxylic acid groups (broad SMARTS) is 2. The summed E-state index contributed by atoms with van der Waals surface area (Å²) in [5, 5.41) is 16.1. The van der Waals surface area contributed by atoms with Crippen LogP contribution in [0.4, 0.5) is 0 Å². The van der Waals surface area contributed by atoms with Crippen molar-refractivity contribution in [3.63, 3.8) is 0 Å². The Bertz CT molecular complexity index is 274. The van der Waals surface area contributed by atoms with E-state index < -0.39 is 34.7 Å². The van der Waals surface area contributed by atoms with Crippen molar-refractivity contribution in [1.29, 1.82) is 0 Å². The summed E-state index contributed by atoms with van der Waals surface area (Å²) >= 11 is -2.08. The van der Waals surface area contributed by atoms with Gasteiger partial charge in [-0.1, -0.05) is 32.7 Å². The van der Waals surface area contributed by atoms with Crippen molar-refractivity contribution in [1.82, 2.24) is 0 Å². The molecular weight excluding hydrogens is 299 g/mol. The number of carboxylic acids is 2. The number of carbonyl (C=O) groups is 2. The van der Waals surface area contributed by atoms with Crippen LogP contribution in [0.25, 0.3) is 0 Å². The zero-order chi connectivity index (χ0) is 12.6. The summed E-state index contributed by atoms with van der Waals surface area (Å²) in [5.74, 6) is -1.83. The van der Waals surface area contributed by atoms with Crippen LogP contribution in [-0.4, -0.2) is 47.7 Å². The second-order valence-electron chi connectivity index (χ2n) is 2.70. The molecule has 0 aromatic rings. The van der Waals surface area contributed by atoms with Crippen molar-refractivity contribution in [2.24, 2.45) is 0 Å². The van der Waals surface area contributed by atoms with Crippen LogP contribution >= 0.6 is 21.6 Å². The molecule has 0 bridgehead atoms. The fourth-order valence-corrected chi connectivity index (χ4v) is 3.65. The Morgan fingerprint density at radius 1 is 1.35 bits per heavy atom. The molecule has 0 saturated heterocycles. The molecule has 0 aromatic carbocycles. The molecule has 2 unspecified atom stereocenters. The first-order chi connectivity index (χ1) is 7.43.